The third-order valence-electron chi connectivity index (χ3n) is 3.71. The zero-order valence-corrected chi connectivity index (χ0v) is 12.6. The summed E-state index contributed by atoms with van der Waals surface area (Å²) in [7, 11) is 1.64. The summed E-state index contributed by atoms with van der Waals surface area (Å²) in [5, 5.41) is 0. The van der Waals surface area contributed by atoms with Crippen molar-refractivity contribution >= 4 is 5.91 Å². The lowest BCUT2D eigenvalue weighted by atomic mass is 10.1. The number of methoxy groups -OCH3 is 1. The van der Waals surface area contributed by atoms with Gasteiger partial charge in [-0.05, 0) is 18.9 Å². The maximum absolute atomic E-state index is 12.3. The van der Waals surface area contributed by atoms with Crippen LogP contribution in [0.25, 0.3) is 0 Å². The third-order valence-corrected chi connectivity index (χ3v) is 3.71. The van der Waals surface area contributed by atoms with E-state index in [0.29, 0.717) is 26.1 Å². The van der Waals surface area contributed by atoms with Crippen LogP contribution in [0.3, 0.4) is 0 Å². The highest BCUT2D eigenvalue weighted by Gasteiger charge is 2.23. The Morgan fingerprint density at radius 2 is 2.29 bits per heavy atom. The Morgan fingerprint density at radius 1 is 1.48 bits per heavy atom. The van der Waals surface area contributed by atoms with Crippen LogP contribution in [0.2, 0.25) is 0 Å². The van der Waals surface area contributed by atoms with Gasteiger partial charge in [-0.1, -0.05) is 18.2 Å². The summed E-state index contributed by atoms with van der Waals surface area (Å²) >= 11 is 0. The molecule has 1 aromatic carbocycles. The second-order valence-corrected chi connectivity index (χ2v) is 5.26. The zero-order valence-electron chi connectivity index (χ0n) is 12.6. The molecule has 1 saturated heterocycles. The van der Waals surface area contributed by atoms with Crippen LogP contribution in [-0.2, 0) is 16.1 Å². The van der Waals surface area contributed by atoms with Crippen LogP contribution >= 0.6 is 0 Å². The Kier molecular flexibility index (Phi) is 6.02. The van der Waals surface area contributed by atoms with Gasteiger partial charge in [0.15, 0.2) is 0 Å². The standard InChI is InChI=1S/C16H24N2O3/c1-20-15-7-3-2-5-13(15)11-18(16(19)8-9-17)12-14-6-4-10-21-14/h2-3,5,7,14H,4,6,8-12,17H2,1H3. The molecule has 21 heavy (non-hydrogen) atoms. The summed E-state index contributed by atoms with van der Waals surface area (Å²) in [5.41, 5.74) is 6.52. The number of nitrogens with zero attached hydrogens (tertiary/aromatic N) is 1. The number of ether oxygens (including phenoxy) is 2. The molecule has 2 N–H and O–H groups in total. The monoisotopic (exact) mass is 292 g/mol. The number of benzene rings is 1. The van der Waals surface area contributed by atoms with Crippen LogP contribution in [0.5, 0.6) is 5.75 Å². The molecule has 0 saturated carbocycles. The van der Waals surface area contributed by atoms with E-state index in [9.17, 15) is 4.79 Å². The number of hydrogen-bond donors (Lipinski definition) is 1. The van der Waals surface area contributed by atoms with Gasteiger partial charge in [0.1, 0.15) is 5.75 Å². The lowest BCUT2D eigenvalue weighted by molar-refractivity contribution is -0.133. The highest BCUT2D eigenvalue weighted by atomic mass is 16.5. The molecule has 0 aromatic heterocycles. The number of hydrogen-bond acceptors (Lipinski definition) is 4. The third kappa shape index (κ3) is 4.44. The van der Waals surface area contributed by atoms with E-state index in [4.69, 9.17) is 15.2 Å². The number of nitrogens with two attached hydrogens (primary N) is 1. The summed E-state index contributed by atoms with van der Waals surface area (Å²) < 4.78 is 11.0. The van der Waals surface area contributed by atoms with Crippen molar-refractivity contribution in [2.45, 2.75) is 31.9 Å². The van der Waals surface area contributed by atoms with Crippen LogP contribution < -0.4 is 10.5 Å². The molecule has 1 atom stereocenters. The predicted octanol–water partition coefficient (Wildman–Crippen LogP) is 1.55. The normalized spacial score (nSPS) is 17.7. The summed E-state index contributed by atoms with van der Waals surface area (Å²) in [6.45, 7) is 2.31. The molecule has 1 fully saturated rings. The molecule has 0 radical (unpaired) electrons. The summed E-state index contributed by atoms with van der Waals surface area (Å²) in [6.07, 6.45) is 2.58. The molecule has 0 bridgehead atoms. The molecule has 116 valence electrons. The Balaban J connectivity index is 2.08. The van der Waals surface area contributed by atoms with Gasteiger partial charge in [0.25, 0.3) is 0 Å². The maximum atomic E-state index is 12.3. The second-order valence-electron chi connectivity index (χ2n) is 5.26. The Bertz CT molecular complexity index is 459. The minimum absolute atomic E-state index is 0.0684. The number of carbonyl (C=O) groups is 1. The van der Waals surface area contributed by atoms with Gasteiger partial charge in [-0.15, -0.1) is 0 Å². The van der Waals surface area contributed by atoms with E-state index in [0.717, 1.165) is 30.8 Å². The van der Waals surface area contributed by atoms with Crippen LogP contribution in [0.1, 0.15) is 24.8 Å². The van der Waals surface area contributed by atoms with Crippen molar-refractivity contribution in [3.05, 3.63) is 29.8 Å². The zero-order chi connectivity index (χ0) is 15.1. The molecule has 1 aromatic rings. The van der Waals surface area contributed by atoms with Crippen LogP contribution in [0.4, 0.5) is 0 Å². The van der Waals surface area contributed by atoms with Gasteiger partial charge in [0.2, 0.25) is 5.91 Å². The highest BCUT2D eigenvalue weighted by molar-refractivity contribution is 5.76. The minimum atomic E-state index is 0.0684. The first kappa shape index (κ1) is 15.8. The SMILES string of the molecule is COc1ccccc1CN(CC1CCCO1)C(=O)CCN. The molecule has 0 spiro atoms. The molecule has 2 rings (SSSR count). The molecule has 1 amide bonds. The number of rotatable bonds is 7. The fraction of sp³-hybridized carbons (Fsp3) is 0.562. The predicted molar refractivity (Wildman–Crippen MR) is 81.1 cm³/mol. The summed E-state index contributed by atoms with van der Waals surface area (Å²) in [4.78, 5) is 14.1. The number of amides is 1. The van der Waals surface area contributed by atoms with E-state index in [1.54, 1.807) is 7.11 Å². The van der Waals surface area contributed by atoms with Gasteiger partial charge in [0.05, 0.1) is 13.2 Å². The minimum Gasteiger partial charge on any atom is -0.496 e. The largest absolute Gasteiger partial charge is 0.496 e. The molecule has 1 unspecified atom stereocenters. The fourth-order valence-corrected chi connectivity index (χ4v) is 2.61. The lowest BCUT2D eigenvalue weighted by Crippen LogP contribution is -2.37. The van der Waals surface area contributed by atoms with Crippen molar-refractivity contribution in [1.29, 1.82) is 0 Å². The average molecular weight is 292 g/mol. The lowest BCUT2D eigenvalue weighted by Gasteiger charge is -2.26. The van der Waals surface area contributed by atoms with Gasteiger partial charge in [-0.2, -0.15) is 0 Å². The van der Waals surface area contributed by atoms with E-state index >= 15 is 0 Å². The van der Waals surface area contributed by atoms with E-state index in [1.165, 1.54) is 0 Å². The van der Waals surface area contributed by atoms with Crippen molar-refractivity contribution in [3.8, 4) is 5.75 Å². The van der Waals surface area contributed by atoms with Crippen LogP contribution in [-0.4, -0.2) is 43.7 Å². The summed E-state index contributed by atoms with van der Waals surface area (Å²) in [5.74, 6) is 0.870. The maximum Gasteiger partial charge on any atom is 0.224 e. The van der Waals surface area contributed by atoms with Gasteiger partial charge >= 0.3 is 0 Å². The van der Waals surface area contributed by atoms with E-state index in [1.807, 2.05) is 29.2 Å². The second kappa shape index (κ2) is 8.00. The Labute approximate surface area is 126 Å². The molecule has 1 heterocycles. The van der Waals surface area contributed by atoms with Crippen LogP contribution in [0, 0.1) is 0 Å². The molecule has 5 nitrogen and oxygen atoms in total. The van der Waals surface area contributed by atoms with Crippen molar-refractivity contribution in [2.24, 2.45) is 5.73 Å². The topological polar surface area (TPSA) is 64.8 Å². The van der Waals surface area contributed by atoms with Crippen LogP contribution in [0.15, 0.2) is 24.3 Å². The quantitative estimate of drug-likeness (QED) is 0.828. The Morgan fingerprint density at radius 3 is 2.95 bits per heavy atom. The van der Waals surface area contributed by atoms with E-state index in [2.05, 4.69) is 0 Å². The van der Waals surface area contributed by atoms with Crippen molar-refractivity contribution in [3.63, 3.8) is 0 Å². The number of para-hydroxylation sites is 1. The first-order chi connectivity index (χ1) is 10.2. The first-order valence-electron chi connectivity index (χ1n) is 7.46. The molecular weight excluding hydrogens is 268 g/mol. The van der Waals surface area contributed by atoms with Crippen molar-refractivity contribution in [1.82, 2.24) is 4.90 Å². The molecule has 0 aliphatic carbocycles. The number of carbonyl (C=O) groups excluding carboxylic acids is 1. The van der Waals surface area contributed by atoms with E-state index < -0.39 is 0 Å². The average Bonchev–Trinajstić information content (AvgIpc) is 3.00. The highest BCUT2D eigenvalue weighted by Crippen LogP contribution is 2.21. The molecular formula is C16H24N2O3. The van der Waals surface area contributed by atoms with E-state index in [-0.39, 0.29) is 12.0 Å². The van der Waals surface area contributed by atoms with Gasteiger partial charge in [-0.25, -0.2) is 0 Å². The van der Waals surface area contributed by atoms with Crippen molar-refractivity contribution < 1.29 is 14.3 Å². The van der Waals surface area contributed by atoms with Gasteiger partial charge < -0.3 is 20.1 Å². The first-order valence-corrected chi connectivity index (χ1v) is 7.46. The van der Waals surface area contributed by atoms with Gasteiger partial charge in [-0.3, -0.25) is 4.79 Å². The van der Waals surface area contributed by atoms with Crippen molar-refractivity contribution in [2.75, 3.05) is 26.8 Å². The molecule has 1 aliphatic rings. The molecule has 1 aliphatic heterocycles. The smallest absolute Gasteiger partial charge is 0.224 e. The Hall–Kier alpha value is -1.59. The van der Waals surface area contributed by atoms with Gasteiger partial charge in [0, 0.05) is 38.2 Å². The fourth-order valence-electron chi connectivity index (χ4n) is 2.61. The molecule has 5 heteroatoms. The summed E-state index contributed by atoms with van der Waals surface area (Å²) in [6, 6.07) is 7.77.